The Bertz CT molecular complexity index is 1010. The first-order valence-electron chi connectivity index (χ1n) is 15.3. The lowest BCUT2D eigenvalue weighted by molar-refractivity contribution is -0.171. The Kier molecular flexibility index (Phi) is 12.5. The van der Waals surface area contributed by atoms with E-state index in [0.29, 0.717) is 31.9 Å². The largest absolute Gasteiger partial charge is 0.466 e. The molecule has 0 radical (unpaired) electrons. The molecule has 1 fully saturated rings. The van der Waals surface area contributed by atoms with Gasteiger partial charge in [-0.2, -0.15) is 0 Å². The standard InChI is InChI=1S/C32H48N2O6/c1-4-7-8-9-10-11-12-13-17-20-27(35)32(38)23-26(30(36)39-5-2)28(31(37)40-6-3)29-33(21-22-34(29)32)24-25-18-15-14-16-19-25/h14-16,18-19,26,38H,4-13,17,20-24H2,1-3H3/t26-,32+/m0/s1. The molecule has 0 spiro atoms. The van der Waals surface area contributed by atoms with E-state index in [1.807, 2.05) is 35.2 Å². The van der Waals surface area contributed by atoms with Crippen molar-refractivity contribution < 1.29 is 29.0 Å². The van der Waals surface area contributed by atoms with Crippen LogP contribution in [0, 0.1) is 5.92 Å². The van der Waals surface area contributed by atoms with Gasteiger partial charge < -0.3 is 24.4 Å². The molecule has 2 aliphatic heterocycles. The number of nitrogens with zero attached hydrogens (tertiary/aromatic N) is 2. The lowest BCUT2D eigenvalue weighted by atomic mass is 9.82. The zero-order valence-corrected chi connectivity index (χ0v) is 24.7. The fourth-order valence-corrected chi connectivity index (χ4v) is 5.84. The minimum atomic E-state index is -1.89. The zero-order valence-electron chi connectivity index (χ0n) is 24.7. The number of carbonyl (C=O) groups excluding carboxylic acids is 3. The van der Waals surface area contributed by atoms with E-state index in [0.717, 1.165) is 24.8 Å². The van der Waals surface area contributed by atoms with Gasteiger partial charge in [0.05, 0.1) is 24.7 Å². The molecular formula is C32H48N2O6. The number of benzene rings is 1. The Labute approximate surface area is 239 Å². The maximum absolute atomic E-state index is 13.7. The molecule has 1 N–H and O–H groups in total. The van der Waals surface area contributed by atoms with Gasteiger partial charge in [0.25, 0.3) is 0 Å². The van der Waals surface area contributed by atoms with Crippen LogP contribution in [0.3, 0.4) is 0 Å². The molecule has 0 aromatic heterocycles. The molecule has 0 saturated carbocycles. The Morgan fingerprint density at radius 1 is 0.875 bits per heavy atom. The summed E-state index contributed by atoms with van der Waals surface area (Å²) in [7, 11) is 0. The summed E-state index contributed by atoms with van der Waals surface area (Å²) >= 11 is 0. The van der Waals surface area contributed by atoms with Crippen molar-refractivity contribution >= 4 is 17.7 Å². The van der Waals surface area contributed by atoms with Crippen molar-refractivity contribution in [2.45, 2.75) is 104 Å². The van der Waals surface area contributed by atoms with Crippen LogP contribution in [-0.2, 0) is 30.4 Å². The van der Waals surface area contributed by atoms with Crippen molar-refractivity contribution in [2.24, 2.45) is 5.92 Å². The minimum Gasteiger partial charge on any atom is -0.466 e. The molecule has 0 aliphatic carbocycles. The maximum atomic E-state index is 13.7. The van der Waals surface area contributed by atoms with E-state index >= 15 is 0 Å². The smallest absolute Gasteiger partial charge is 0.338 e. The summed E-state index contributed by atoms with van der Waals surface area (Å²) in [5.74, 6) is -2.26. The van der Waals surface area contributed by atoms with Gasteiger partial charge in [0.2, 0.25) is 5.72 Å². The maximum Gasteiger partial charge on any atom is 0.338 e. The average molecular weight is 557 g/mol. The van der Waals surface area contributed by atoms with E-state index in [1.165, 1.54) is 32.1 Å². The van der Waals surface area contributed by atoms with Gasteiger partial charge in [-0.1, -0.05) is 88.6 Å². The predicted octanol–water partition coefficient (Wildman–Crippen LogP) is 5.34. The summed E-state index contributed by atoms with van der Waals surface area (Å²) in [6.07, 6.45) is 10.1. The predicted molar refractivity (Wildman–Crippen MR) is 154 cm³/mol. The first kappa shape index (κ1) is 31.7. The van der Waals surface area contributed by atoms with Gasteiger partial charge in [-0.25, -0.2) is 4.79 Å². The van der Waals surface area contributed by atoms with Crippen LogP contribution in [-0.4, -0.2) is 64.7 Å². The second kappa shape index (κ2) is 15.8. The van der Waals surface area contributed by atoms with Gasteiger partial charge in [0.1, 0.15) is 5.82 Å². The highest BCUT2D eigenvalue weighted by molar-refractivity contribution is 5.98. The van der Waals surface area contributed by atoms with E-state index in [2.05, 4.69) is 6.92 Å². The topological polar surface area (TPSA) is 96.4 Å². The van der Waals surface area contributed by atoms with Gasteiger partial charge in [-0.3, -0.25) is 9.59 Å². The second-order valence-corrected chi connectivity index (χ2v) is 10.8. The molecule has 2 heterocycles. The molecule has 1 aromatic rings. The highest BCUT2D eigenvalue weighted by atomic mass is 16.5. The summed E-state index contributed by atoms with van der Waals surface area (Å²) in [5.41, 5.74) is -0.717. The van der Waals surface area contributed by atoms with Gasteiger partial charge >= 0.3 is 11.9 Å². The van der Waals surface area contributed by atoms with Crippen LogP contribution in [0.4, 0.5) is 0 Å². The Morgan fingerprint density at radius 2 is 1.50 bits per heavy atom. The lowest BCUT2D eigenvalue weighted by Crippen LogP contribution is -2.59. The molecule has 0 amide bonds. The number of aliphatic hydroxyl groups is 1. The fraction of sp³-hybridized carbons (Fsp3) is 0.656. The van der Waals surface area contributed by atoms with Crippen LogP contribution in [0.5, 0.6) is 0 Å². The number of hydrogen-bond donors (Lipinski definition) is 1. The van der Waals surface area contributed by atoms with Crippen LogP contribution in [0.2, 0.25) is 0 Å². The van der Waals surface area contributed by atoms with E-state index in [1.54, 1.807) is 18.7 Å². The molecule has 40 heavy (non-hydrogen) atoms. The van der Waals surface area contributed by atoms with Crippen molar-refractivity contribution in [3.8, 4) is 0 Å². The summed E-state index contributed by atoms with van der Waals surface area (Å²) in [4.78, 5) is 43.7. The summed E-state index contributed by atoms with van der Waals surface area (Å²) in [6.45, 7) is 7.22. The monoisotopic (exact) mass is 556 g/mol. The number of esters is 2. The number of ketones is 1. The SMILES string of the molecule is CCCCCCCCCCCC(=O)[C@]1(O)C[C@H](C(=O)OCC)C(C(=O)OCC)=C2N(Cc3ccccc3)CCN21. The van der Waals surface area contributed by atoms with Gasteiger partial charge in [0.15, 0.2) is 5.78 Å². The third-order valence-electron chi connectivity index (χ3n) is 7.91. The zero-order chi connectivity index (χ0) is 29.0. The van der Waals surface area contributed by atoms with Crippen LogP contribution in [0.1, 0.15) is 97.0 Å². The van der Waals surface area contributed by atoms with Crippen LogP contribution < -0.4 is 0 Å². The number of rotatable bonds is 17. The van der Waals surface area contributed by atoms with Crippen LogP contribution in [0.25, 0.3) is 0 Å². The van der Waals surface area contributed by atoms with Gasteiger partial charge in [-0.15, -0.1) is 0 Å². The normalized spacial score (nSPS) is 20.4. The highest BCUT2D eigenvalue weighted by Gasteiger charge is 2.56. The second-order valence-electron chi connectivity index (χ2n) is 10.8. The van der Waals surface area contributed by atoms with Crippen molar-refractivity contribution in [3.63, 3.8) is 0 Å². The molecule has 2 aliphatic rings. The highest BCUT2D eigenvalue weighted by Crippen LogP contribution is 2.44. The average Bonchev–Trinajstić information content (AvgIpc) is 3.37. The van der Waals surface area contributed by atoms with Crippen molar-refractivity contribution in [1.82, 2.24) is 9.80 Å². The van der Waals surface area contributed by atoms with Crippen molar-refractivity contribution in [2.75, 3.05) is 26.3 Å². The third-order valence-corrected chi connectivity index (χ3v) is 7.91. The number of fused-ring (bicyclic) bond motifs is 1. The number of ether oxygens (including phenoxy) is 2. The number of carbonyl (C=O) groups is 3. The molecule has 2 atom stereocenters. The molecule has 8 nitrogen and oxygen atoms in total. The molecule has 0 bridgehead atoms. The summed E-state index contributed by atoms with van der Waals surface area (Å²) < 4.78 is 10.7. The summed E-state index contributed by atoms with van der Waals surface area (Å²) in [6, 6.07) is 9.79. The third kappa shape index (κ3) is 7.87. The first-order valence-corrected chi connectivity index (χ1v) is 15.3. The minimum absolute atomic E-state index is 0.128. The van der Waals surface area contributed by atoms with Gasteiger partial charge in [-0.05, 0) is 25.8 Å². The van der Waals surface area contributed by atoms with Crippen LogP contribution in [0.15, 0.2) is 41.7 Å². The fourth-order valence-electron chi connectivity index (χ4n) is 5.84. The molecule has 1 aromatic carbocycles. The quantitative estimate of drug-likeness (QED) is 0.203. The number of hydrogen-bond acceptors (Lipinski definition) is 8. The summed E-state index contributed by atoms with van der Waals surface area (Å²) in [5, 5.41) is 12.0. The molecule has 222 valence electrons. The first-order chi connectivity index (χ1) is 19.4. The lowest BCUT2D eigenvalue weighted by Gasteiger charge is -2.45. The number of Topliss-reactive ketones (excluding diaryl/α,β-unsaturated/α-hetero) is 1. The Balaban J connectivity index is 1.82. The Hall–Kier alpha value is -2.87. The van der Waals surface area contributed by atoms with E-state index in [9.17, 15) is 19.5 Å². The Morgan fingerprint density at radius 3 is 2.12 bits per heavy atom. The molecule has 0 unspecified atom stereocenters. The molecule has 8 heteroatoms. The number of unbranched alkanes of at least 4 members (excludes halogenated alkanes) is 8. The molecule has 3 rings (SSSR count). The van der Waals surface area contributed by atoms with E-state index < -0.39 is 23.6 Å². The van der Waals surface area contributed by atoms with Crippen molar-refractivity contribution in [1.29, 1.82) is 0 Å². The van der Waals surface area contributed by atoms with E-state index in [-0.39, 0.29) is 37.4 Å². The molecular weight excluding hydrogens is 508 g/mol. The van der Waals surface area contributed by atoms with Gasteiger partial charge in [0, 0.05) is 32.5 Å². The van der Waals surface area contributed by atoms with E-state index in [4.69, 9.17) is 9.47 Å². The van der Waals surface area contributed by atoms with Crippen molar-refractivity contribution in [3.05, 3.63) is 47.3 Å². The molecule has 1 saturated heterocycles. The van der Waals surface area contributed by atoms with Crippen LogP contribution >= 0.6 is 0 Å².